The molecule has 0 heterocycles. The highest BCUT2D eigenvalue weighted by atomic mass is 35.5. The molecule has 0 N–H and O–H groups in total. The van der Waals surface area contributed by atoms with E-state index in [2.05, 4.69) is 0 Å². The Balaban J connectivity index is 1.58. The van der Waals surface area contributed by atoms with E-state index in [4.69, 9.17) is 21.1 Å². The highest BCUT2D eigenvalue weighted by molar-refractivity contribution is 6.30. The molecule has 0 bridgehead atoms. The van der Waals surface area contributed by atoms with Gasteiger partial charge < -0.3 is 9.47 Å². The minimum absolute atomic E-state index is 0.679. The summed E-state index contributed by atoms with van der Waals surface area (Å²) in [5, 5.41) is 0.699. The lowest BCUT2D eigenvalue weighted by Crippen LogP contribution is -2.02. The maximum absolute atomic E-state index is 5.88. The van der Waals surface area contributed by atoms with Crippen molar-refractivity contribution in [2.24, 2.45) is 0 Å². The van der Waals surface area contributed by atoms with Crippen molar-refractivity contribution in [3.05, 3.63) is 59.6 Å². The van der Waals surface area contributed by atoms with Gasteiger partial charge in [0, 0.05) is 5.02 Å². The quantitative estimate of drug-likeness (QED) is 0.689. The van der Waals surface area contributed by atoms with E-state index in [9.17, 15) is 0 Å². The summed E-state index contributed by atoms with van der Waals surface area (Å²) >= 11 is 5.88. The predicted molar refractivity (Wildman–Crippen MR) is 78.1 cm³/mol. The second-order valence-electron chi connectivity index (χ2n) is 4.17. The van der Waals surface area contributed by atoms with Crippen LogP contribution in [0.4, 0.5) is 0 Å². The average Bonchev–Trinajstić information content (AvgIpc) is 2.44. The van der Waals surface area contributed by atoms with E-state index in [0.29, 0.717) is 18.2 Å². The monoisotopic (exact) mass is 276 g/mol. The minimum Gasteiger partial charge on any atom is -0.494 e. The largest absolute Gasteiger partial charge is 0.494 e. The first-order valence-corrected chi connectivity index (χ1v) is 6.78. The van der Waals surface area contributed by atoms with E-state index < -0.39 is 0 Å². The number of ether oxygens (including phenoxy) is 2. The molecule has 0 fully saturated rings. The molecular weight excluding hydrogens is 260 g/mol. The zero-order valence-electron chi connectivity index (χ0n) is 10.7. The molecule has 0 aromatic heterocycles. The van der Waals surface area contributed by atoms with Crippen molar-refractivity contribution < 1.29 is 9.47 Å². The van der Waals surface area contributed by atoms with Gasteiger partial charge in [-0.25, -0.2) is 0 Å². The summed E-state index contributed by atoms with van der Waals surface area (Å²) in [7, 11) is 0. The lowest BCUT2D eigenvalue weighted by atomic mass is 10.3. The molecule has 0 radical (unpaired) electrons. The van der Waals surface area contributed by atoms with Crippen molar-refractivity contribution >= 4 is 11.6 Å². The summed E-state index contributed by atoms with van der Waals surface area (Å²) in [6, 6.07) is 17.3. The first kappa shape index (κ1) is 13.8. The Morgan fingerprint density at radius 1 is 0.737 bits per heavy atom. The van der Waals surface area contributed by atoms with E-state index in [1.165, 1.54) is 0 Å². The van der Waals surface area contributed by atoms with Crippen molar-refractivity contribution in [1.29, 1.82) is 0 Å². The van der Waals surface area contributed by atoms with Crippen LogP contribution < -0.4 is 9.47 Å². The van der Waals surface area contributed by atoms with Crippen LogP contribution in [0.25, 0.3) is 0 Å². The van der Waals surface area contributed by atoms with E-state index in [1.807, 2.05) is 54.6 Å². The van der Waals surface area contributed by atoms with Gasteiger partial charge in [0.05, 0.1) is 13.2 Å². The first-order valence-electron chi connectivity index (χ1n) is 6.41. The summed E-state index contributed by atoms with van der Waals surface area (Å²) in [6.45, 7) is 1.39. The number of para-hydroxylation sites is 1. The molecule has 0 unspecified atom stereocenters. The normalized spacial score (nSPS) is 10.2. The molecule has 3 heteroatoms. The maximum atomic E-state index is 5.88. The molecule has 0 aliphatic rings. The van der Waals surface area contributed by atoms with Gasteiger partial charge in [-0.2, -0.15) is 0 Å². The van der Waals surface area contributed by atoms with Crippen molar-refractivity contribution in [3.8, 4) is 11.5 Å². The van der Waals surface area contributed by atoms with Gasteiger partial charge in [-0.3, -0.25) is 0 Å². The number of rotatable bonds is 7. The van der Waals surface area contributed by atoms with Crippen LogP contribution in [0.5, 0.6) is 11.5 Å². The van der Waals surface area contributed by atoms with Crippen LogP contribution in [0.15, 0.2) is 54.6 Å². The molecule has 2 rings (SSSR count). The van der Waals surface area contributed by atoms with Crippen LogP contribution >= 0.6 is 11.6 Å². The van der Waals surface area contributed by atoms with Crippen LogP contribution in [0.2, 0.25) is 5.02 Å². The maximum Gasteiger partial charge on any atom is 0.120 e. The zero-order chi connectivity index (χ0) is 13.3. The first-order chi connectivity index (χ1) is 9.34. The highest BCUT2D eigenvalue weighted by Gasteiger charge is 1.96. The molecule has 2 nitrogen and oxygen atoms in total. The Labute approximate surface area is 118 Å². The summed E-state index contributed by atoms with van der Waals surface area (Å²) in [5.41, 5.74) is 0. The SMILES string of the molecule is Clc1cccc(OCCCCOc2ccccc2)c1. The Hall–Kier alpha value is -1.67. The Kier molecular flexibility index (Phi) is 5.57. The van der Waals surface area contributed by atoms with E-state index in [0.717, 1.165) is 24.3 Å². The highest BCUT2D eigenvalue weighted by Crippen LogP contribution is 2.17. The van der Waals surface area contributed by atoms with E-state index in [-0.39, 0.29) is 0 Å². The van der Waals surface area contributed by atoms with Gasteiger partial charge in [0.1, 0.15) is 11.5 Å². The second kappa shape index (κ2) is 7.70. The Morgan fingerprint density at radius 2 is 1.37 bits per heavy atom. The number of halogens is 1. The number of benzene rings is 2. The molecule has 0 aliphatic heterocycles. The van der Waals surface area contributed by atoms with Crippen LogP contribution in [0.3, 0.4) is 0 Å². The standard InChI is InChI=1S/C16H17ClO2/c17-14-7-6-10-16(13-14)19-12-5-4-11-18-15-8-2-1-3-9-15/h1-3,6-10,13H,4-5,11-12H2. The molecule has 2 aromatic carbocycles. The Bertz CT molecular complexity index is 485. The summed E-state index contributed by atoms with van der Waals surface area (Å²) in [4.78, 5) is 0. The van der Waals surface area contributed by atoms with Crippen molar-refractivity contribution in [2.45, 2.75) is 12.8 Å². The summed E-state index contributed by atoms with van der Waals surface area (Å²) < 4.78 is 11.2. The molecular formula is C16H17ClO2. The fourth-order valence-electron chi connectivity index (χ4n) is 1.66. The van der Waals surface area contributed by atoms with Crippen LogP contribution in [0.1, 0.15) is 12.8 Å². The molecule has 0 spiro atoms. The fourth-order valence-corrected chi connectivity index (χ4v) is 1.84. The Morgan fingerprint density at radius 3 is 2.05 bits per heavy atom. The predicted octanol–water partition coefficient (Wildman–Crippen LogP) is 4.58. The van der Waals surface area contributed by atoms with E-state index >= 15 is 0 Å². The van der Waals surface area contributed by atoms with Gasteiger partial charge >= 0.3 is 0 Å². The van der Waals surface area contributed by atoms with Crippen LogP contribution in [-0.4, -0.2) is 13.2 Å². The summed E-state index contributed by atoms with van der Waals surface area (Å²) in [5.74, 6) is 1.73. The molecule has 2 aromatic rings. The molecule has 0 saturated heterocycles. The zero-order valence-corrected chi connectivity index (χ0v) is 11.5. The lowest BCUT2D eigenvalue weighted by molar-refractivity contribution is 0.266. The van der Waals surface area contributed by atoms with Crippen LogP contribution in [0, 0.1) is 0 Å². The summed E-state index contributed by atoms with van der Waals surface area (Å²) in [6.07, 6.45) is 1.93. The number of unbranched alkanes of at least 4 members (excludes halogenated alkanes) is 1. The van der Waals surface area contributed by atoms with Gasteiger partial charge in [0.2, 0.25) is 0 Å². The van der Waals surface area contributed by atoms with Crippen LogP contribution in [-0.2, 0) is 0 Å². The fraction of sp³-hybridized carbons (Fsp3) is 0.250. The van der Waals surface area contributed by atoms with E-state index in [1.54, 1.807) is 0 Å². The smallest absolute Gasteiger partial charge is 0.120 e. The lowest BCUT2D eigenvalue weighted by Gasteiger charge is -2.07. The molecule has 0 aliphatic carbocycles. The van der Waals surface area contributed by atoms with Crippen molar-refractivity contribution in [3.63, 3.8) is 0 Å². The number of hydrogen-bond acceptors (Lipinski definition) is 2. The molecule has 0 amide bonds. The van der Waals surface area contributed by atoms with Crippen molar-refractivity contribution in [2.75, 3.05) is 13.2 Å². The van der Waals surface area contributed by atoms with Gasteiger partial charge in [-0.05, 0) is 43.2 Å². The minimum atomic E-state index is 0.679. The second-order valence-corrected chi connectivity index (χ2v) is 4.61. The molecule has 0 saturated carbocycles. The third kappa shape index (κ3) is 5.23. The third-order valence-electron chi connectivity index (χ3n) is 2.62. The van der Waals surface area contributed by atoms with Gasteiger partial charge in [-0.1, -0.05) is 35.9 Å². The van der Waals surface area contributed by atoms with Crippen molar-refractivity contribution in [1.82, 2.24) is 0 Å². The van der Waals surface area contributed by atoms with Gasteiger partial charge in [-0.15, -0.1) is 0 Å². The third-order valence-corrected chi connectivity index (χ3v) is 2.85. The average molecular weight is 277 g/mol. The molecule has 100 valence electrons. The van der Waals surface area contributed by atoms with Gasteiger partial charge in [0.25, 0.3) is 0 Å². The van der Waals surface area contributed by atoms with Gasteiger partial charge in [0.15, 0.2) is 0 Å². The topological polar surface area (TPSA) is 18.5 Å². The number of hydrogen-bond donors (Lipinski definition) is 0. The molecule has 19 heavy (non-hydrogen) atoms. The molecule has 0 atom stereocenters.